The number of hydrogen-bond acceptors (Lipinski definition) is 8. The van der Waals surface area contributed by atoms with E-state index in [0.29, 0.717) is 16.4 Å². The van der Waals surface area contributed by atoms with Crippen molar-refractivity contribution in [3.8, 4) is 0 Å². The molecule has 2 amide bonds. The van der Waals surface area contributed by atoms with Gasteiger partial charge in [-0.3, -0.25) is 24.5 Å². The maximum Gasteiger partial charge on any atom is 0.270 e. The quantitative estimate of drug-likeness (QED) is 0.224. The lowest BCUT2D eigenvalue weighted by Crippen LogP contribution is -2.51. The van der Waals surface area contributed by atoms with Gasteiger partial charge in [-0.1, -0.05) is 36.4 Å². The highest BCUT2D eigenvalue weighted by atomic mass is 32.2. The zero-order valence-corrected chi connectivity index (χ0v) is 22.7. The number of fused-ring (bicyclic) bond motifs is 2. The SMILES string of the molecule is O=C(c1coc2ccccc2c1=O)N1CCN(C(=O)c2cn(S(=O)(=O)c3cccc([N+](=O)[O-])c3)c3ccccc23)CC1. The second-order valence-corrected chi connectivity index (χ2v) is 11.5. The predicted molar refractivity (Wildman–Crippen MR) is 152 cm³/mol. The molecule has 0 N–H and O–H groups in total. The average molecular weight is 587 g/mol. The Morgan fingerprint density at radius 1 is 0.810 bits per heavy atom. The first kappa shape index (κ1) is 26.9. The van der Waals surface area contributed by atoms with Gasteiger partial charge >= 0.3 is 0 Å². The summed E-state index contributed by atoms with van der Waals surface area (Å²) in [6.45, 7) is 0.615. The van der Waals surface area contributed by atoms with Crippen molar-refractivity contribution in [1.29, 1.82) is 0 Å². The van der Waals surface area contributed by atoms with Gasteiger partial charge in [0.2, 0.25) is 5.43 Å². The van der Waals surface area contributed by atoms with Crippen molar-refractivity contribution in [2.75, 3.05) is 26.2 Å². The number of non-ortho nitro benzene ring substituents is 1. The van der Waals surface area contributed by atoms with Gasteiger partial charge in [-0.15, -0.1) is 0 Å². The minimum absolute atomic E-state index is 0.0945. The topological polar surface area (TPSA) is 153 Å². The van der Waals surface area contributed by atoms with E-state index in [1.165, 1.54) is 34.2 Å². The van der Waals surface area contributed by atoms with Crippen molar-refractivity contribution in [3.05, 3.63) is 117 Å². The maximum absolute atomic E-state index is 13.6. The Hall–Kier alpha value is -5.30. The summed E-state index contributed by atoms with van der Waals surface area (Å²) in [5.41, 5.74) is -0.154. The molecule has 0 atom stereocenters. The molecule has 3 aromatic carbocycles. The molecule has 5 aromatic rings. The van der Waals surface area contributed by atoms with Crippen LogP contribution in [0, 0.1) is 10.1 Å². The van der Waals surface area contributed by atoms with Crippen LogP contribution in [0.2, 0.25) is 0 Å². The highest BCUT2D eigenvalue weighted by molar-refractivity contribution is 7.90. The van der Waals surface area contributed by atoms with E-state index in [0.717, 1.165) is 16.3 Å². The minimum atomic E-state index is -4.29. The normalized spacial score (nSPS) is 13.9. The molecular formula is C29H22N4O8S. The van der Waals surface area contributed by atoms with Crippen LogP contribution in [-0.2, 0) is 10.0 Å². The van der Waals surface area contributed by atoms with Crippen LogP contribution in [0.15, 0.2) is 99.4 Å². The van der Waals surface area contributed by atoms with Crippen LogP contribution >= 0.6 is 0 Å². The zero-order chi connectivity index (χ0) is 29.6. The van der Waals surface area contributed by atoms with Gasteiger partial charge < -0.3 is 14.2 Å². The molecule has 1 aliphatic heterocycles. The van der Waals surface area contributed by atoms with Crippen molar-refractivity contribution in [2.45, 2.75) is 4.90 Å². The van der Waals surface area contributed by atoms with Crippen molar-refractivity contribution in [1.82, 2.24) is 13.8 Å². The lowest BCUT2D eigenvalue weighted by atomic mass is 10.1. The molecule has 0 bridgehead atoms. The summed E-state index contributed by atoms with van der Waals surface area (Å²) < 4.78 is 33.5. The van der Waals surface area contributed by atoms with Crippen molar-refractivity contribution >= 4 is 49.4 Å². The minimum Gasteiger partial charge on any atom is -0.463 e. The number of nitrogens with zero attached hydrogens (tertiary/aromatic N) is 4. The van der Waals surface area contributed by atoms with E-state index >= 15 is 0 Å². The van der Waals surface area contributed by atoms with Crippen LogP contribution in [0.4, 0.5) is 5.69 Å². The molecule has 6 rings (SSSR count). The van der Waals surface area contributed by atoms with Crippen molar-refractivity contribution in [2.24, 2.45) is 0 Å². The van der Waals surface area contributed by atoms with Gasteiger partial charge in [0.05, 0.1) is 26.3 Å². The summed E-state index contributed by atoms with van der Waals surface area (Å²) in [5, 5.41) is 11.9. The molecule has 13 heteroatoms. The predicted octanol–water partition coefficient (Wildman–Crippen LogP) is 3.49. The molecule has 1 fully saturated rings. The van der Waals surface area contributed by atoms with Crippen LogP contribution in [0.1, 0.15) is 20.7 Å². The molecule has 2 aromatic heterocycles. The van der Waals surface area contributed by atoms with E-state index in [-0.39, 0.29) is 53.4 Å². The van der Waals surface area contributed by atoms with Gasteiger partial charge in [-0.25, -0.2) is 12.4 Å². The first-order valence-corrected chi connectivity index (χ1v) is 14.3. The lowest BCUT2D eigenvalue weighted by molar-refractivity contribution is -0.385. The molecule has 1 aliphatic rings. The number of para-hydroxylation sites is 2. The smallest absolute Gasteiger partial charge is 0.270 e. The molecule has 12 nitrogen and oxygen atoms in total. The molecule has 1 saturated heterocycles. The monoisotopic (exact) mass is 586 g/mol. The molecule has 0 aliphatic carbocycles. The van der Waals surface area contributed by atoms with Crippen molar-refractivity contribution in [3.63, 3.8) is 0 Å². The van der Waals surface area contributed by atoms with E-state index in [2.05, 4.69) is 0 Å². The molecule has 0 saturated carbocycles. The number of nitro groups is 1. The van der Waals surface area contributed by atoms with Gasteiger partial charge in [0.15, 0.2) is 0 Å². The molecule has 0 unspecified atom stereocenters. The summed E-state index contributed by atoms with van der Waals surface area (Å²) in [6.07, 6.45) is 2.38. The number of carbonyl (C=O) groups is 2. The molecule has 42 heavy (non-hydrogen) atoms. The van der Waals surface area contributed by atoms with Gasteiger partial charge in [0, 0.05) is 49.9 Å². The standard InChI is InChI=1S/C29H22N4O8S/c34-27-22-9-2-4-11-26(22)41-18-24(27)29(36)31-14-12-30(13-15-31)28(35)23-17-32(25-10-3-1-8-21(23)25)42(39,40)20-7-5-6-19(16-20)33(37)38/h1-11,16-18H,12-15H2. The number of hydrogen-bond donors (Lipinski definition) is 0. The molecule has 3 heterocycles. The van der Waals surface area contributed by atoms with Crippen LogP contribution in [-0.4, -0.2) is 65.1 Å². The third kappa shape index (κ3) is 4.49. The third-order valence-electron chi connectivity index (χ3n) is 7.26. The summed E-state index contributed by atoms with van der Waals surface area (Å²) in [6, 6.07) is 17.8. The van der Waals surface area contributed by atoms with Gasteiger partial charge in [0.25, 0.3) is 27.5 Å². The first-order valence-electron chi connectivity index (χ1n) is 12.9. The third-order valence-corrected chi connectivity index (χ3v) is 8.93. The summed E-state index contributed by atoms with van der Waals surface area (Å²) >= 11 is 0. The summed E-state index contributed by atoms with van der Waals surface area (Å²) in [4.78, 5) is 52.9. The fourth-order valence-corrected chi connectivity index (χ4v) is 6.48. The number of rotatable bonds is 5. The highest BCUT2D eigenvalue weighted by Crippen LogP contribution is 2.28. The van der Waals surface area contributed by atoms with E-state index in [4.69, 9.17) is 4.42 Å². The Morgan fingerprint density at radius 3 is 2.12 bits per heavy atom. The summed E-state index contributed by atoms with van der Waals surface area (Å²) in [5.74, 6) is -0.933. The largest absolute Gasteiger partial charge is 0.463 e. The van der Waals surface area contributed by atoms with Crippen molar-refractivity contribution < 1.29 is 27.3 Å². The Bertz CT molecular complexity index is 2070. The van der Waals surface area contributed by atoms with Crippen LogP contribution in [0.3, 0.4) is 0 Å². The Balaban J connectivity index is 1.26. The zero-order valence-electron chi connectivity index (χ0n) is 21.9. The van der Waals surface area contributed by atoms with Crippen LogP contribution in [0.5, 0.6) is 0 Å². The average Bonchev–Trinajstić information content (AvgIpc) is 3.41. The molecule has 212 valence electrons. The van der Waals surface area contributed by atoms with E-state index in [9.17, 15) is 32.9 Å². The molecule has 0 spiro atoms. The number of benzene rings is 3. The lowest BCUT2D eigenvalue weighted by Gasteiger charge is -2.34. The maximum atomic E-state index is 13.6. The number of piperazine rings is 1. The second kappa shape index (κ2) is 10.3. The van der Waals surface area contributed by atoms with Crippen LogP contribution in [0.25, 0.3) is 21.9 Å². The number of amides is 2. The fourth-order valence-electron chi connectivity index (χ4n) is 5.07. The fraction of sp³-hybridized carbons (Fsp3) is 0.138. The number of aromatic nitrogens is 1. The van der Waals surface area contributed by atoms with Crippen LogP contribution < -0.4 is 5.43 Å². The van der Waals surface area contributed by atoms with Gasteiger partial charge in [-0.2, -0.15) is 0 Å². The highest BCUT2D eigenvalue weighted by Gasteiger charge is 2.30. The number of carbonyl (C=O) groups excluding carboxylic acids is 2. The van der Waals surface area contributed by atoms with E-state index < -0.39 is 32.2 Å². The second-order valence-electron chi connectivity index (χ2n) is 9.67. The van der Waals surface area contributed by atoms with E-state index in [1.54, 1.807) is 48.5 Å². The van der Waals surface area contributed by atoms with Gasteiger partial charge in [0.1, 0.15) is 17.4 Å². The Morgan fingerprint density at radius 2 is 1.43 bits per heavy atom. The van der Waals surface area contributed by atoms with Gasteiger partial charge in [-0.05, 0) is 24.3 Å². The number of nitro benzene ring substituents is 1. The molecular weight excluding hydrogens is 564 g/mol. The molecule has 0 radical (unpaired) electrons. The first-order chi connectivity index (χ1) is 20.2. The van der Waals surface area contributed by atoms with E-state index in [1.807, 2.05) is 0 Å². The Labute approximate surface area is 238 Å². The Kier molecular flexibility index (Phi) is 6.58. The summed E-state index contributed by atoms with van der Waals surface area (Å²) in [7, 11) is -4.29.